The first-order valence-electron chi connectivity index (χ1n) is 6.69. The van der Waals surface area contributed by atoms with Gasteiger partial charge < -0.3 is 15.2 Å². The van der Waals surface area contributed by atoms with Crippen molar-refractivity contribution in [1.82, 2.24) is 5.32 Å². The number of nitrogens with one attached hydrogen (secondary N) is 1. The SMILES string of the molecule is CCCCNC(=O)COc1c(C)cc(CO)cc1C. The molecular formula is C15H23NO3. The van der Waals surface area contributed by atoms with E-state index in [-0.39, 0.29) is 19.1 Å². The first kappa shape index (κ1) is 15.5. The molecule has 0 bridgehead atoms. The fraction of sp³-hybridized carbons (Fsp3) is 0.533. The standard InChI is InChI=1S/C15H23NO3/c1-4-5-6-16-14(18)10-19-15-11(2)7-13(9-17)8-12(15)3/h7-8,17H,4-6,9-10H2,1-3H3,(H,16,18). The van der Waals surface area contributed by atoms with Gasteiger partial charge in [0.1, 0.15) is 5.75 Å². The van der Waals surface area contributed by atoms with Crippen molar-refractivity contribution in [2.75, 3.05) is 13.2 Å². The molecular weight excluding hydrogens is 242 g/mol. The summed E-state index contributed by atoms with van der Waals surface area (Å²) in [6.07, 6.45) is 2.04. The monoisotopic (exact) mass is 265 g/mol. The van der Waals surface area contributed by atoms with Crippen LogP contribution in [0.15, 0.2) is 12.1 Å². The Labute approximate surface area is 114 Å². The zero-order valence-electron chi connectivity index (χ0n) is 12.0. The third kappa shape index (κ3) is 4.91. The molecule has 0 aliphatic carbocycles. The molecule has 0 aromatic heterocycles. The average molecular weight is 265 g/mol. The van der Waals surface area contributed by atoms with Gasteiger partial charge in [-0.05, 0) is 37.0 Å². The first-order chi connectivity index (χ1) is 9.08. The van der Waals surface area contributed by atoms with Crippen molar-refractivity contribution in [2.45, 2.75) is 40.2 Å². The van der Waals surface area contributed by atoms with E-state index >= 15 is 0 Å². The van der Waals surface area contributed by atoms with Gasteiger partial charge in [-0.15, -0.1) is 0 Å². The van der Waals surface area contributed by atoms with E-state index in [1.54, 1.807) is 0 Å². The minimum Gasteiger partial charge on any atom is -0.483 e. The summed E-state index contributed by atoms with van der Waals surface area (Å²) in [6, 6.07) is 3.74. The molecule has 106 valence electrons. The van der Waals surface area contributed by atoms with Crippen LogP contribution in [0.5, 0.6) is 5.75 Å². The number of aryl methyl sites for hydroxylation is 2. The summed E-state index contributed by atoms with van der Waals surface area (Å²) in [5.74, 6) is 0.626. The Morgan fingerprint density at radius 2 is 1.95 bits per heavy atom. The summed E-state index contributed by atoms with van der Waals surface area (Å²) in [7, 11) is 0. The minimum absolute atomic E-state index is 0.0134. The molecule has 0 saturated heterocycles. The van der Waals surface area contributed by atoms with Crippen LogP contribution in [-0.4, -0.2) is 24.2 Å². The molecule has 0 heterocycles. The largest absolute Gasteiger partial charge is 0.483 e. The molecule has 0 aliphatic rings. The zero-order chi connectivity index (χ0) is 14.3. The van der Waals surface area contributed by atoms with Gasteiger partial charge in [0, 0.05) is 6.54 Å². The van der Waals surface area contributed by atoms with Crippen molar-refractivity contribution in [1.29, 1.82) is 0 Å². The van der Waals surface area contributed by atoms with Gasteiger partial charge in [0.05, 0.1) is 6.61 Å². The lowest BCUT2D eigenvalue weighted by molar-refractivity contribution is -0.123. The second-order valence-corrected chi connectivity index (χ2v) is 4.71. The van der Waals surface area contributed by atoms with Crippen molar-refractivity contribution >= 4 is 5.91 Å². The summed E-state index contributed by atoms with van der Waals surface area (Å²) in [5, 5.41) is 11.9. The maximum absolute atomic E-state index is 11.6. The second kappa shape index (κ2) is 7.79. The summed E-state index contributed by atoms with van der Waals surface area (Å²) < 4.78 is 5.57. The van der Waals surface area contributed by atoms with E-state index in [2.05, 4.69) is 12.2 Å². The Balaban J connectivity index is 2.55. The van der Waals surface area contributed by atoms with E-state index in [0.29, 0.717) is 6.54 Å². The van der Waals surface area contributed by atoms with Crippen LogP contribution >= 0.6 is 0 Å². The number of carbonyl (C=O) groups is 1. The molecule has 1 aromatic rings. The van der Waals surface area contributed by atoms with Gasteiger partial charge in [-0.1, -0.05) is 25.5 Å². The maximum Gasteiger partial charge on any atom is 0.257 e. The second-order valence-electron chi connectivity index (χ2n) is 4.71. The van der Waals surface area contributed by atoms with Gasteiger partial charge in [-0.25, -0.2) is 0 Å². The number of aliphatic hydroxyl groups is 1. The predicted molar refractivity (Wildman–Crippen MR) is 75.3 cm³/mol. The molecule has 0 saturated carbocycles. The molecule has 1 rings (SSSR count). The van der Waals surface area contributed by atoms with Gasteiger partial charge in [-0.3, -0.25) is 4.79 Å². The lowest BCUT2D eigenvalue weighted by Crippen LogP contribution is -2.29. The topological polar surface area (TPSA) is 58.6 Å². The van der Waals surface area contributed by atoms with Crippen LogP contribution in [0.4, 0.5) is 0 Å². The van der Waals surface area contributed by atoms with E-state index in [1.165, 1.54) is 0 Å². The highest BCUT2D eigenvalue weighted by Gasteiger charge is 2.08. The van der Waals surface area contributed by atoms with E-state index in [0.717, 1.165) is 35.3 Å². The highest BCUT2D eigenvalue weighted by atomic mass is 16.5. The quantitative estimate of drug-likeness (QED) is 0.742. The van der Waals surface area contributed by atoms with E-state index in [9.17, 15) is 4.79 Å². The van der Waals surface area contributed by atoms with Crippen molar-refractivity contribution in [3.63, 3.8) is 0 Å². The number of hydrogen-bond donors (Lipinski definition) is 2. The number of ether oxygens (including phenoxy) is 1. The Kier molecular flexibility index (Phi) is 6.36. The smallest absolute Gasteiger partial charge is 0.257 e. The van der Waals surface area contributed by atoms with Crippen LogP contribution < -0.4 is 10.1 Å². The zero-order valence-corrected chi connectivity index (χ0v) is 12.0. The number of carbonyl (C=O) groups excluding carboxylic acids is 1. The van der Waals surface area contributed by atoms with Crippen LogP contribution in [-0.2, 0) is 11.4 Å². The van der Waals surface area contributed by atoms with Crippen LogP contribution in [0, 0.1) is 13.8 Å². The summed E-state index contributed by atoms with van der Waals surface area (Å²) in [5.41, 5.74) is 2.73. The molecule has 0 radical (unpaired) electrons. The van der Waals surface area contributed by atoms with E-state index in [4.69, 9.17) is 9.84 Å². The Bertz CT molecular complexity index is 406. The highest BCUT2D eigenvalue weighted by molar-refractivity contribution is 5.77. The molecule has 19 heavy (non-hydrogen) atoms. The lowest BCUT2D eigenvalue weighted by Gasteiger charge is -2.13. The maximum atomic E-state index is 11.6. The Morgan fingerprint density at radius 3 is 2.47 bits per heavy atom. The number of benzene rings is 1. The predicted octanol–water partition coefficient (Wildman–Crippen LogP) is 2.09. The van der Waals surface area contributed by atoms with Gasteiger partial charge >= 0.3 is 0 Å². The van der Waals surface area contributed by atoms with Crippen LogP contribution in [0.25, 0.3) is 0 Å². The van der Waals surface area contributed by atoms with Crippen LogP contribution in [0.1, 0.15) is 36.5 Å². The highest BCUT2D eigenvalue weighted by Crippen LogP contribution is 2.24. The van der Waals surface area contributed by atoms with Gasteiger partial charge in [0.2, 0.25) is 0 Å². The molecule has 4 nitrogen and oxygen atoms in total. The number of hydrogen-bond acceptors (Lipinski definition) is 3. The average Bonchev–Trinajstić information content (AvgIpc) is 2.37. The molecule has 1 aromatic carbocycles. The van der Waals surface area contributed by atoms with Crippen LogP contribution in [0.2, 0.25) is 0 Å². The number of amides is 1. The minimum atomic E-state index is -0.0986. The molecule has 4 heteroatoms. The van der Waals surface area contributed by atoms with Crippen molar-refractivity contribution in [3.8, 4) is 5.75 Å². The van der Waals surface area contributed by atoms with Gasteiger partial charge in [-0.2, -0.15) is 0 Å². The molecule has 0 atom stereocenters. The normalized spacial score (nSPS) is 10.3. The summed E-state index contributed by atoms with van der Waals surface area (Å²) in [4.78, 5) is 11.6. The molecule has 1 amide bonds. The van der Waals surface area contributed by atoms with Gasteiger partial charge in [0.25, 0.3) is 5.91 Å². The molecule has 2 N–H and O–H groups in total. The summed E-state index contributed by atoms with van der Waals surface area (Å²) >= 11 is 0. The molecule has 0 aliphatic heterocycles. The number of rotatable bonds is 7. The van der Waals surface area contributed by atoms with E-state index < -0.39 is 0 Å². The molecule has 0 fully saturated rings. The molecule has 0 spiro atoms. The summed E-state index contributed by atoms with van der Waals surface area (Å²) in [6.45, 7) is 6.65. The Hall–Kier alpha value is -1.55. The number of unbranched alkanes of at least 4 members (excludes halogenated alkanes) is 1. The van der Waals surface area contributed by atoms with E-state index in [1.807, 2.05) is 26.0 Å². The fourth-order valence-corrected chi connectivity index (χ4v) is 1.95. The van der Waals surface area contributed by atoms with Crippen molar-refractivity contribution in [2.24, 2.45) is 0 Å². The first-order valence-corrected chi connectivity index (χ1v) is 6.69. The van der Waals surface area contributed by atoms with Crippen molar-refractivity contribution in [3.05, 3.63) is 28.8 Å². The van der Waals surface area contributed by atoms with Gasteiger partial charge in [0.15, 0.2) is 6.61 Å². The number of aliphatic hydroxyl groups excluding tert-OH is 1. The van der Waals surface area contributed by atoms with Crippen molar-refractivity contribution < 1.29 is 14.6 Å². The van der Waals surface area contributed by atoms with Crippen LogP contribution in [0.3, 0.4) is 0 Å². The lowest BCUT2D eigenvalue weighted by atomic mass is 10.1. The fourth-order valence-electron chi connectivity index (χ4n) is 1.95. The third-order valence-electron chi connectivity index (χ3n) is 2.90. The third-order valence-corrected chi connectivity index (χ3v) is 2.90. The molecule has 0 unspecified atom stereocenters. The Morgan fingerprint density at radius 1 is 1.32 bits per heavy atom.